The first-order valence-corrected chi connectivity index (χ1v) is 6.78. The van der Waals surface area contributed by atoms with Gasteiger partial charge in [0.25, 0.3) is 0 Å². The Labute approximate surface area is 125 Å². The molecule has 2 aliphatic heterocycles. The normalized spacial score (nSPS) is 15.3. The van der Waals surface area contributed by atoms with Crippen LogP contribution in [0.25, 0.3) is 0 Å². The maximum Gasteiger partial charge on any atom is 0.211 e. The van der Waals surface area contributed by atoms with E-state index in [-0.39, 0.29) is 6.61 Å². The van der Waals surface area contributed by atoms with E-state index in [0.717, 1.165) is 30.2 Å². The van der Waals surface area contributed by atoms with Crippen LogP contribution < -0.4 is 9.47 Å². The van der Waals surface area contributed by atoms with Crippen molar-refractivity contribution in [3.05, 3.63) is 23.5 Å². The van der Waals surface area contributed by atoms with Crippen LogP contribution in [0, 0.1) is 0 Å². The second-order valence-electron chi connectivity index (χ2n) is 4.75. The van der Waals surface area contributed by atoms with E-state index in [9.17, 15) is 0 Å². The minimum Gasteiger partial charge on any atom is -0.491 e. The highest BCUT2D eigenvalue weighted by Gasteiger charge is 2.27. The van der Waals surface area contributed by atoms with E-state index >= 15 is 0 Å². The average molecular weight is 299 g/mol. The molecule has 2 aliphatic rings. The maximum absolute atomic E-state index is 5.71. The van der Waals surface area contributed by atoms with Crippen molar-refractivity contribution in [1.82, 2.24) is 25.5 Å². The summed E-state index contributed by atoms with van der Waals surface area (Å²) in [5.74, 6) is 2.55. The number of amidine groups is 1. The standard InChI is InChI=1S/C13H13N7O2/c1-21-12-9(22-6-10-16-18-19-17-10)3-2-8-11(12)15-7-20-5-4-14-13(8)20/h2-3,7H,4-6H2,1H3,(H,16,17,18,19). The predicted molar refractivity (Wildman–Crippen MR) is 77.8 cm³/mol. The summed E-state index contributed by atoms with van der Waals surface area (Å²) in [7, 11) is 1.59. The summed E-state index contributed by atoms with van der Waals surface area (Å²) in [5.41, 5.74) is 1.67. The molecule has 0 unspecified atom stereocenters. The van der Waals surface area contributed by atoms with Crippen LogP contribution in [-0.4, -0.2) is 57.9 Å². The Kier molecular flexibility index (Phi) is 2.95. The first kappa shape index (κ1) is 12.7. The number of methoxy groups -OCH3 is 1. The number of aromatic nitrogens is 4. The van der Waals surface area contributed by atoms with Crippen LogP contribution in [0.2, 0.25) is 0 Å². The lowest BCUT2D eigenvalue weighted by Gasteiger charge is -2.23. The minimum atomic E-state index is 0.197. The number of aromatic amines is 1. The largest absolute Gasteiger partial charge is 0.491 e. The monoisotopic (exact) mass is 299 g/mol. The summed E-state index contributed by atoms with van der Waals surface area (Å²) < 4.78 is 11.2. The van der Waals surface area contributed by atoms with Gasteiger partial charge in [0, 0.05) is 12.1 Å². The number of tetrazole rings is 1. The van der Waals surface area contributed by atoms with E-state index in [2.05, 4.69) is 30.6 Å². The second-order valence-corrected chi connectivity index (χ2v) is 4.75. The third kappa shape index (κ3) is 1.98. The van der Waals surface area contributed by atoms with Gasteiger partial charge in [0.15, 0.2) is 18.1 Å². The predicted octanol–water partition coefficient (Wildman–Crippen LogP) is 0.523. The van der Waals surface area contributed by atoms with Crippen LogP contribution in [0.4, 0.5) is 5.69 Å². The van der Waals surface area contributed by atoms with E-state index in [1.807, 2.05) is 17.0 Å². The second kappa shape index (κ2) is 5.10. The smallest absolute Gasteiger partial charge is 0.211 e. The SMILES string of the molecule is COc1c(OCc2nn[nH]n2)ccc2c1N=CN1CCN=C21. The molecule has 9 heteroatoms. The number of H-pyrrole nitrogens is 1. The summed E-state index contributed by atoms with van der Waals surface area (Å²) in [6.45, 7) is 1.83. The van der Waals surface area contributed by atoms with Crippen LogP contribution >= 0.6 is 0 Å². The lowest BCUT2D eigenvalue weighted by atomic mass is 10.1. The molecule has 0 bridgehead atoms. The fourth-order valence-electron chi connectivity index (χ4n) is 2.50. The number of rotatable bonds is 4. The van der Waals surface area contributed by atoms with Crippen molar-refractivity contribution in [2.24, 2.45) is 9.98 Å². The van der Waals surface area contributed by atoms with E-state index in [4.69, 9.17) is 9.47 Å². The summed E-state index contributed by atoms with van der Waals surface area (Å²) in [4.78, 5) is 11.0. The van der Waals surface area contributed by atoms with Gasteiger partial charge < -0.3 is 14.4 Å². The Morgan fingerprint density at radius 1 is 1.36 bits per heavy atom. The molecule has 2 aromatic rings. The lowest BCUT2D eigenvalue weighted by molar-refractivity contribution is 0.277. The Balaban J connectivity index is 1.69. The van der Waals surface area contributed by atoms with E-state index in [1.165, 1.54) is 0 Å². The molecule has 0 atom stereocenters. The van der Waals surface area contributed by atoms with Crippen molar-refractivity contribution >= 4 is 17.9 Å². The average Bonchev–Trinajstić information content (AvgIpc) is 3.22. The molecule has 1 aromatic heterocycles. The van der Waals surface area contributed by atoms with Gasteiger partial charge in [-0.1, -0.05) is 5.21 Å². The topological polar surface area (TPSA) is 101 Å². The van der Waals surface area contributed by atoms with Crippen LogP contribution in [-0.2, 0) is 6.61 Å². The molecule has 1 N–H and O–H groups in total. The molecular weight excluding hydrogens is 286 g/mol. The molecule has 0 amide bonds. The highest BCUT2D eigenvalue weighted by Crippen LogP contribution is 2.42. The van der Waals surface area contributed by atoms with Gasteiger partial charge in [-0.05, 0) is 12.1 Å². The van der Waals surface area contributed by atoms with E-state index in [0.29, 0.717) is 17.3 Å². The lowest BCUT2D eigenvalue weighted by Crippen LogP contribution is -2.29. The number of hydrogen-bond acceptors (Lipinski definition) is 8. The van der Waals surface area contributed by atoms with Crippen molar-refractivity contribution in [2.75, 3.05) is 20.2 Å². The molecule has 0 fully saturated rings. The molecule has 0 aliphatic carbocycles. The first-order chi connectivity index (χ1) is 10.9. The van der Waals surface area contributed by atoms with Gasteiger partial charge >= 0.3 is 0 Å². The third-order valence-electron chi connectivity index (χ3n) is 3.49. The summed E-state index contributed by atoms with van der Waals surface area (Å²) in [6.07, 6.45) is 1.78. The Hall–Kier alpha value is -2.97. The summed E-state index contributed by atoms with van der Waals surface area (Å²) in [6, 6.07) is 3.79. The first-order valence-electron chi connectivity index (χ1n) is 6.78. The van der Waals surface area contributed by atoms with Crippen LogP contribution in [0.1, 0.15) is 11.4 Å². The number of fused-ring (bicyclic) bond motifs is 3. The number of ether oxygens (including phenoxy) is 2. The fourth-order valence-corrected chi connectivity index (χ4v) is 2.50. The Bertz CT molecular complexity index is 754. The molecule has 0 radical (unpaired) electrons. The van der Waals surface area contributed by atoms with Crippen LogP contribution in [0.15, 0.2) is 22.1 Å². The van der Waals surface area contributed by atoms with Crippen molar-refractivity contribution in [3.63, 3.8) is 0 Å². The van der Waals surface area contributed by atoms with Gasteiger partial charge in [-0.15, -0.1) is 10.2 Å². The fraction of sp³-hybridized carbons (Fsp3) is 0.308. The zero-order valence-corrected chi connectivity index (χ0v) is 11.9. The van der Waals surface area contributed by atoms with Crippen molar-refractivity contribution in [2.45, 2.75) is 6.61 Å². The molecule has 1 aromatic carbocycles. The minimum absolute atomic E-state index is 0.197. The molecule has 9 nitrogen and oxygen atoms in total. The molecule has 4 rings (SSSR count). The highest BCUT2D eigenvalue weighted by atomic mass is 16.5. The number of aliphatic imine (C=N–C) groups is 2. The molecular formula is C13H13N7O2. The molecule has 3 heterocycles. The van der Waals surface area contributed by atoms with Gasteiger partial charge in [0.2, 0.25) is 5.82 Å². The zero-order chi connectivity index (χ0) is 14.9. The van der Waals surface area contributed by atoms with Crippen LogP contribution in [0.5, 0.6) is 11.5 Å². The highest BCUT2D eigenvalue weighted by molar-refractivity contribution is 6.12. The van der Waals surface area contributed by atoms with Crippen molar-refractivity contribution in [3.8, 4) is 11.5 Å². The molecule has 112 valence electrons. The molecule has 0 spiro atoms. The summed E-state index contributed by atoms with van der Waals surface area (Å²) in [5, 5.41) is 13.6. The van der Waals surface area contributed by atoms with E-state index in [1.54, 1.807) is 13.4 Å². The molecule has 22 heavy (non-hydrogen) atoms. The number of hydrogen-bond donors (Lipinski definition) is 1. The Morgan fingerprint density at radius 2 is 2.32 bits per heavy atom. The summed E-state index contributed by atoms with van der Waals surface area (Å²) >= 11 is 0. The molecule has 0 saturated carbocycles. The van der Waals surface area contributed by atoms with Crippen LogP contribution in [0.3, 0.4) is 0 Å². The van der Waals surface area contributed by atoms with E-state index < -0.39 is 0 Å². The number of nitrogens with zero attached hydrogens (tertiary/aromatic N) is 6. The van der Waals surface area contributed by atoms with Crippen molar-refractivity contribution in [1.29, 1.82) is 0 Å². The third-order valence-corrected chi connectivity index (χ3v) is 3.49. The zero-order valence-electron chi connectivity index (χ0n) is 11.9. The quantitative estimate of drug-likeness (QED) is 0.883. The number of nitrogens with one attached hydrogen (secondary N) is 1. The van der Waals surface area contributed by atoms with Gasteiger partial charge in [0.05, 0.1) is 20.0 Å². The van der Waals surface area contributed by atoms with Crippen molar-refractivity contribution < 1.29 is 9.47 Å². The number of benzene rings is 1. The van der Waals surface area contributed by atoms with Gasteiger partial charge in [0.1, 0.15) is 11.5 Å². The maximum atomic E-state index is 5.71. The molecule has 0 saturated heterocycles. The Morgan fingerprint density at radius 3 is 3.14 bits per heavy atom. The van der Waals surface area contributed by atoms with Gasteiger partial charge in [-0.2, -0.15) is 5.21 Å². The van der Waals surface area contributed by atoms with Gasteiger partial charge in [-0.25, -0.2) is 4.99 Å². The van der Waals surface area contributed by atoms with Gasteiger partial charge in [-0.3, -0.25) is 4.99 Å².